The van der Waals surface area contributed by atoms with Crippen molar-refractivity contribution < 1.29 is 28.2 Å². The van der Waals surface area contributed by atoms with Crippen molar-refractivity contribution in [3.63, 3.8) is 0 Å². The molecule has 2 aromatic carbocycles. The molecule has 1 aliphatic heterocycles. The number of halogens is 2. The Labute approximate surface area is 266 Å². The Hall–Kier alpha value is -4.19. The minimum atomic E-state index is -2.70. The molecule has 11 nitrogen and oxygen atoms in total. The molecule has 0 bridgehead atoms. The fraction of sp³-hybridized carbons (Fsp3) is 0.469. The average molecular weight is 653 g/mol. The van der Waals surface area contributed by atoms with E-state index in [9.17, 15) is 28.7 Å². The van der Waals surface area contributed by atoms with Gasteiger partial charge in [-0.25, -0.2) is 18.4 Å². The van der Waals surface area contributed by atoms with E-state index in [1.54, 1.807) is 18.2 Å². The standard InChI is InChI=1S/C32H38F2N6O5Si/c1-46(2,3)12-11-44-20-39-27-13-21(16-35)28(45-19-29(33)34)14-26(27)36-30(39)15-25-23-8-4-5-9-24(23)32(43)40(37-25)17-22-7-6-10-38(22)18-31(41)42/h4-5,8-9,13-14,22,29H,6-7,10-12,15,17-20H2,1-3H3,(H,41,42). The average Bonchev–Trinajstić information content (AvgIpc) is 3.57. The van der Waals surface area contributed by atoms with Crippen LogP contribution in [-0.4, -0.2) is 82.2 Å². The SMILES string of the molecule is C[Si](C)(C)CCOCn1c(Cc2nn(CC3CCCN3CC(=O)O)c(=O)c3ccccc23)nc2cc(OCC(F)F)c(C#N)cc21. The van der Waals surface area contributed by atoms with E-state index in [-0.39, 0.29) is 49.2 Å². The maximum Gasteiger partial charge on any atom is 0.317 e. The molecule has 0 amide bonds. The van der Waals surface area contributed by atoms with Crippen LogP contribution in [0.25, 0.3) is 21.8 Å². The molecule has 1 N–H and O–H groups in total. The van der Waals surface area contributed by atoms with Gasteiger partial charge in [0.25, 0.3) is 12.0 Å². The lowest BCUT2D eigenvalue weighted by molar-refractivity contribution is -0.138. The third kappa shape index (κ3) is 7.78. The largest absolute Gasteiger partial charge is 0.486 e. The normalized spacial score (nSPS) is 15.6. The predicted molar refractivity (Wildman–Crippen MR) is 171 cm³/mol. The molecule has 1 fully saturated rings. The van der Waals surface area contributed by atoms with Crippen molar-refractivity contribution in [2.45, 2.75) is 70.7 Å². The summed E-state index contributed by atoms with van der Waals surface area (Å²) in [7, 11) is -1.37. The van der Waals surface area contributed by atoms with Crippen LogP contribution in [-0.2, 0) is 29.2 Å². The van der Waals surface area contributed by atoms with Gasteiger partial charge in [0.1, 0.15) is 31.0 Å². The number of fused-ring (bicyclic) bond motifs is 2. The maximum atomic E-state index is 13.6. The van der Waals surface area contributed by atoms with Crippen LogP contribution >= 0.6 is 0 Å². The third-order valence-corrected chi connectivity index (χ3v) is 9.83. The van der Waals surface area contributed by atoms with E-state index in [2.05, 4.69) is 19.6 Å². The first-order valence-electron chi connectivity index (χ1n) is 15.3. The van der Waals surface area contributed by atoms with E-state index in [0.717, 1.165) is 18.9 Å². The molecule has 1 unspecified atom stereocenters. The van der Waals surface area contributed by atoms with E-state index in [1.165, 1.54) is 10.7 Å². The Morgan fingerprint density at radius 3 is 2.67 bits per heavy atom. The number of aliphatic carboxylic acids is 1. The molecule has 2 aromatic heterocycles. The van der Waals surface area contributed by atoms with Gasteiger partial charge in [-0.05, 0) is 37.6 Å². The summed E-state index contributed by atoms with van der Waals surface area (Å²) in [5.74, 6) is -0.348. The second-order valence-corrected chi connectivity index (χ2v) is 18.4. The molecule has 4 aromatic rings. The minimum Gasteiger partial charge on any atom is -0.486 e. The zero-order valence-electron chi connectivity index (χ0n) is 26.2. The van der Waals surface area contributed by atoms with Gasteiger partial charge in [0.15, 0.2) is 0 Å². The van der Waals surface area contributed by atoms with Gasteiger partial charge < -0.3 is 19.1 Å². The smallest absolute Gasteiger partial charge is 0.317 e. The van der Waals surface area contributed by atoms with Crippen molar-refractivity contribution in [3.8, 4) is 11.8 Å². The zero-order valence-corrected chi connectivity index (χ0v) is 27.2. The Balaban J connectivity index is 1.56. The summed E-state index contributed by atoms with van der Waals surface area (Å²) in [5, 5.41) is 25.1. The van der Waals surface area contributed by atoms with Crippen LogP contribution in [0, 0.1) is 11.3 Å². The van der Waals surface area contributed by atoms with Gasteiger partial charge in [-0.15, -0.1) is 0 Å². The number of carboxylic acids is 1. The van der Waals surface area contributed by atoms with Crippen LogP contribution in [0.5, 0.6) is 5.75 Å². The van der Waals surface area contributed by atoms with Gasteiger partial charge in [-0.1, -0.05) is 37.8 Å². The summed E-state index contributed by atoms with van der Waals surface area (Å²) in [5.41, 5.74) is 1.45. The van der Waals surface area contributed by atoms with Crippen LogP contribution in [0.1, 0.15) is 29.9 Å². The lowest BCUT2D eigenvalue weighted by Crippen LogP contribution is -2.40. The summed E-state index contributed by atoms with van der Waals surface area (Å²) in [4.78, 5) is 31.7. The summed E-state index contributed by atoms with van der Waals surface area (Å²) in [6.07, 6.45) is -0.912. The number of carboxylic acid groups (broad SMARTS) is 1. The predicted octanol–water partition coefficient (Wildman–Crippen LogP) is 4.71. The second kappa shape index (κ2) is 14.1. The zero-order chi connectivity index (χ0) is 33.0. The summed E-state index contributed by atoms with van der Waals surface area (Å²) in [6, 6.07) is 13.1. The lowest BCUT2D eigenvalue weighted by Gasteiger charge is -2.23. The summed E-state index contributed by atoms with van der Waals surface area (Å²) in [6.45, 7) is 7.38. The number of aromatic nitrogens is 4. The molecule has 1 aliphatic rings. The molecule has 0 spiro atoms. The van der Waals surface area contributed by atoms with Crippen molar-refractivity contribution in [3.05, 3.63) is 63.8 Å². The number of hydrogen-bond donors (Lipinski definition) is 1. The van der Waals surface area contributed by atoms with Gasteiger partial charge in [0.2, 0.25) is 0 Å². The third-order valence-electron chi connectivity index (χ3n) is 8.12. The number of carbonyl (C=O) groups is 1. The number of likely N-dealkylation sites (tertiary alicyclic amines) is 1. The number of benzene rings is 2. The molecule has 0 saturated carbocycles. The van der Waals surface area contributed by atoms with E-state index in [4.69, 9.17) is 19.6 Å². The molecule has 3 heterocycles. The maximum absolute atomic E-state index is 13.6. The molecular formula is C32H38F2N6O5Si. The highest BCUT2D eigenvalue weighted by atomic mass is 28.3. The van der Waals surface area contributed by atoms with Crippen molar-refractivity contribution >= 4 is 35.8 Å². The number of alkyl halides is 2. The Kier molecular flexibility index (Phi) is 10.1. The van der Waals surface area contributed by atoms with E-state index >= 15 is 0 Å². The highest BCUT2D eigenvalue weighted by Gasteiger charge is 2.28. The van der Waals surface area contributed by atoms with Crippen LogP contribution in [0.2, 0.25) is 25.7 Å². The van der Waals surface area contributed by atoms with Crippen LogP contribution in [0.3, 0.4) is 0 Å². The molecule has 46 heavy (non-hydrogen) atoms. The van der Waals surface area contributed by atoms with Gasteiger partial charge in [-0.2, -0.15) is 10.4 Å². The van der Waals surface area contributed by atoms with Crippen molar-refractivity contribution in [2.24, 2.45) is 0 Å². The van der Waals surface area contributed by atoms with Gasteiger partial charge in [0, 0.05) is 32.2 Å². The Morgan fingerprint density at radius 1 is 1.22 bits per heavy atom. The van der Waals surface area contributed by atoms with Crippen LogP contribution in [0.15, 0.2) is 41.2 Å². The quantitative estimate of drug-likeness (QED) is 0.152. The topological polar surface area (TPSA) is 136 Å². The monoisotopic (exact) mass is 652 g/mol. The Morgan fingerprint density at radius 2 is 1.98 bits per heavy atom. The highest BCUT2D eigenvalue weighted by molar-refractivity contribution is 6.76. The molecule has 0 aliphatic carbocycles. The number of nitriles is 1. The van der Waals surface area contributed by atoms with Crippen molar-refractivity contribution in [1.29, 1.82) is 5.26 Å². The van der Waals surface area contributed by atoms with Gasteiger partial charge >= 0.3 is 5.97 Å². The summed E-state index contributed by atoms with van der Waals surface area (Å²) >= 11 is 0. The first-order valence-corrected chi connectivity index (χ1v) is 19.0. The number of rotatable bonds is 14. The lowest BCUT2D eigenvalue weighted by atomic mass is 10.1. The number of ether oxygens (including phenoxy) is 2. The molecule has 5 rings (SSSR count). The molecule has 1 atom stereocenters. The number of hydrogen-bond acceptors (Lipinski definition) is 8. The number of nitrogens with zero attached hydrogens (tertiary/aromatic N) is 6. The molecule has 14 heteroatoms. The van der Waals surface area contributed by atoms with Crippen LogP contribution < -0.4 is 10.3 Å². The minimum absolute atomic E-state index is 0.0192. The number of imidazole rings is 1. The second-order valence-electron chi connectivity index (χ2n) is 12.8. The van der Waals surface area contributed by atoms with Crippen LogP contribution in [0.4, 0.5) is 8.78 Å². The fourth-order valence-electron chi connectivity index (χ4n) is 5.77. The van der Waals surface area contributed by atoms with E-state index < -0.39 is 27.1 Å². The fourth-order valence-corrected chi connectivity index (χ4v) is 6.52. The van der Waals surface area contributed by atoms with Gasteiger partial charge in [-0.3, -0.25) is 14.5 Å². The van der Waals surface area contributed by atoms with Crippen molar-refractivity contribution in [1.82, 2.24) is 24.2 Å². The molecular weight excluding hydrogens is 614 g/mol. The van der Waals surface area contributed by atoms with E-state index in [0.29, 0.717) is 46.5 Å². The summed E-state index contributed by atoms with van der Waals surface area (Å²) < 4.78 is 40.5. The highest BCUT2D eigenvalue weighted by Crippen LogP contribution is 2.29. The molecule has 1 saturated heterocycles. The molecule has 244 valence electrons. The molecule has 0 radical (unpaired) electrons. The van der Waals surface area contributed by atoms with E-state index in [1.807, 2.05) is 27.7 Å². The first kappa shape index (κ1) is 33.2. The van der Waals surface area contributed by atoms with Gasteiger partial charge in [0.05, 0.1) is 47.2 Å². The first-order chi connectivity index (χ1) is 21.9. The van der Waals surface area contributed by atoms with Crippen molar-refractivity contribution in [2.75, 3.05) is 26.3 Å². The Bertz CT molecular complexity index is 1830.